The van der Waals surface area contributed by atoms with Crippen LogP contribution in [-0.2, 0) is 9.59 Å². The number of rotatable bonds is 3. The Morgan fingerprint density at radius 3 is 2.67 bits per heavy atom. The van der Waals surface area contributed by atoms with E-state index in [2.05, 4.69) is 17.6 Å². The number of amides is 2. The molecule has 0 aromatic heterocycles. The molecule has 5 nitrogen and oxygen atoms in total. The molecule has 0 spiro atoms. The van der Waals surface area contributed by atoms with Gasteiger partial charge in [0.2, 0.25) is 11.8 Å². The summed E-state index contributed by atoms with van der Waals surface area (Å²) in [6.45, 7) is 5.70. The molecule has 2 unspecified atom stereocenters. The minimum absolute atomic E-state index is 0.0140. The van der Waals surface area contributed by atoms with Gasteiger partial charge in [-0.15, -0.1) is 0 Å². The van der Waals surface area contributed by atoms with Gasteiger partial charge in [0.15, 0.2) is 0 Å². The lowest BCUT2D eigenvalue weighted by molar-refractivity contribution is -0.133. The van der Waals surface area contributed by atoms with E-state index < -0.39 is 0 Å². The van der Waals surface area contributed by atoms with Crippen molar-refractivity contribution in [3.05, 3.63) is 0 Å². The zero-order valence-corrected chi connectivity index (χ0v) is 11.1. The van der Waals surface area contributed by atoms with Gasteiger partial charge in [0.25, 0.3) is 0 Å². The third kappa shape index (κ3) is 3.45. The van der Waals surface area contributed by atoms with Gasteiger partial charge in [0.1, 0.15) is 0 Å². The molecule has 0 aliphatic carbocycles. The number of likely N-dealkylation sites (tertiary alicyclic amines) is 1. The maximum Gasteiger partial charge on any atom is 0.241 e. The van der Waals surface area contributed by atoms with Crippen molar-refractivity contribution >= 4 is 11.8 Å². The zero-order valence-electron chi connectivity index (χ0n) is 11.1. The van der Waals surface area contributed by atoms with Gasteiger partial charge in [-0.2, -0.15) is 0 Å². The second-order valence-electron chi connectivity index (χ2n) is 5.50. The molecule has 0 bridgehead atoms. The van der Waals surface area contributed by atoms with Gasteiger partial charge in [-0.25, -0.2) is 0 Å². The number of hydrogen-bond acceptors (Lipinski definition) is 3. The number of nitrogens with one attached hydrogen (secondary N) is 2. The first-order valence-electron chi connectivity index (χ1n) is 6.93. The summed E-state index contributed by atoms with van der Waals surface area (Å²) in [4.78, 5) is 25.6. The van der Waals surface area contributed by atoms with Crippen molar-refractivity contribution < 1.29 is 9.59 Å². The second-order valence-corrected chi connectivity index (χ2v) is 5.50. The fraction of sp³-hybridized carbons (Fsp3) is 0.846. The molecule has 2 saturated heterocycles. The van der Waals surface area contributed by atoms with Crippen molar-refractivity contribution in [2.45, 2.75) is 26.2 Å². The van der Waals surface area contributed by atoms with Gasteiger partial charge in [0, 0.05) is 19.6 Å². The van der Waals surface area contributed by atoms with E-state index in [0.29, 0.717) is 5.92 Å². The Bertz CT molecular complexity index is 313. The largest absolute Gasteiger partial charge is 0.347 e. The second kappa shape index (κ2) is 6.18. The Labute approximate surface area is 108 Å². The molecular weight excluding hydrogens is 230 g/mol. The number of nitrogens with zero attached hydrogens (tertiary/aromatic N) is 1. The number of carbonyl (C=O) groups excluding carboxylic acids is 2. The van der Waals surface area contributed by atoms with Gasteiger partial charge >= 0.3 is 0 Å². The van der Waals surface area contributed by atoms with Crippen LogP contribution in [0.25, 0.3) is 0 Å². The Balaban J connectivity index is 1.72. The van der Waals surface area contributed by atoms with Crippen LogP contribution in [0.1, 0.15) is 26.2 Å². The van der Waals surface area contributed by atoms with Crippen molar-refractivity contribution in [2.75, 3.05) is 32.7 Å². The van der Waals surface area contributed by atoms with E-state index in [0.717, 1.165) is 45.4 Å². The minimum atomic E-state index is 0.0140. The topological polar surface area (TPSA) is 61.4 Å². The van der Waals surface area contributed by atoms with Crippen LogP contribution in [0.4, 0.5) is 0 Å². The first kappa shape index (κ1) is 13.3. The molecule has 2 amide bonds. The lowest BCUT2D eigenvalue weighted by atomic mass is 9.91. The highest BCUT2D eigenvalue weighted by molar-refractivity contribution is 5.86. The summed E-state index contributed by atoms with van der Waals surface area (Å²) >= 11 is 0. The highest BCUT2D eigenvalue weighted by Gasteiger charge is 2.25. The van der Waals surface area contributed by atoms with Gasteiger partial charge in [-0.3, -0.25) is 9.59 Å². The molecular formula is C13H23N3O2. The van der Waals surface area contributed by atoms with E-state index in [-0.39, 0.29) is 24.3 Å². The molecule has 18 heavy (non-hydrogen) atoms. The first-order valence-corrected chi connectivity index (χ1v) is 6.93. The summed E-state index contributed by atoms with van der Waals surface area (Å²) in [5.41, 5.74) is 0. The lowest BCUT2D eigenvalue weighted by Gasteiger charge is -2.27. The minimum Gasteiger partial charge on any atom is -0.347 e. The predicted octanol–water partition coefficient (Wildman–Crippen LogP) is -0.0294. The van der Waals surface area contributed by atoms with Gasteiger partial charge in [-0.05, 0) is 31.7 Å². The SMILES string of the molecule is CC1CNCC(C(=O)NCC(=O)N2CCCC2)C1. The van der Waals surface area contributed by atoms with E-state index in [4.69, 9.17) is 0 Å². The molecule has 2 aliphatic heterocycles. The monoisotopic (exact) mass is 253 g/mol. The van der Waals surface area contributed by atoms with Crippen LogP contribution in [0.3, 0.4) is 0 Å². The average Bonchev–Trinajstić information content (AvgIpc) is 2.89. The van der Waals surface area contributed by atoms with Crippen molar-refractivity contribution in [3.8, 4) is 0 Å². The van der Waals surface area contributed by atoms with Crippen LogP contribution >= 0.6 is 0 Å². The summed E-state index contributed by atoms with van der Waals surface area (Å²) < 4.78 is 0. The van der Waals surface area contributed by atoms with Gasteiger partial charge in [-0.1, -0.05) is 6.92 Å². The highest BCUT2D eigenvalue weighted by atomic mass is 16.2. The third-order valence-corrected chi connectivity index (χ3v) is 3.81. The molecule has 0 radical (unpaired) electrons. The van der Waals surface area contributed by atoms with Crippen molar-refractivity contribution in [1.82, 2.24) is 15.5 Å². The summed E-state index contributed by atoms with van der Waals surface area (Å²) in [6, 6.07) is 0. The molecule has 2 rings (SSSR count). The molecule has 2 aliphatic rings. The van der Waals surface area contributed by atoms with Crippen molar-refractivity contribution in [2.24, 2.45) is 11.8 Å². The van der Waals surface area contributed by atoms with Crippen LogP contribution in [0.2, 0.25) is 0 Å². The molecule has 2 heterocycles. The number of carbonyl (C=O) groups is 2. The summed E-state index contributed by atoms with van der Waals surface area (Å²) in [5.74, 6) is 0.614. The van der Waals surface area contributed by atoms with E-state index in [1.807, 2.05) is 4.90 Å². The molecule has 2 N–H and O–H groups in total. The maximum absolute atomic E-state index is 11.9. The van der Waals surface area contributed by atoms with Crippen molar-refractivity contribution in [3.63, 3.8) is 0 Å². The summed E-state index contributed by atoms with van der Waals surface area (Å²) in [7, 11) is 0. The van der Waals surface area contributed by atoms with E-state index in [9.17, 15) is 9.59 Å². The van der Waals surface area contributed by atoms with Crippen LogP contribution in [0.15, 0.2) is 0 Å². The summed E-state index contributed by atoms with van der Waals surface area (Å²) in [6.07, 6.45) is 3.09. The molecule has 2 atom stereocenters. The van der Waals surface area contributed by atoms with E-state index in [1.165, 1.54) is 0 Å². The van der Waals surface area contributed by atoms with Gasteiger partial charge < -0.3 is 15.5 Å². The summed E-state index contributed by atoms with van der Waals surface area (Å²) in [5, 5.41) is 6.03. The van der Waals surface area contributed by atoms with Crippen LogP contribution in [-0.4, -0.2) is 49.4 Å². The smallest absolute Gasteiger partial charge is 0.241 e. The Morgan fingerprint density at radius 2 is 2.00 bits per heavy atom. The van der Waals surface area contributed by atoms with E-state index in [1.54, 1.807) is 0 Å². The molecule has 0 aromatic carbocycles. The number of hydrogen-bond donors (Lipinski definition) is 2. The standard InChI is InChI=1S/C13H23N3O2/c1-10-6-11(8-14-7-10)13(18)15-9-12(17)16-4-2-3-5-16/h10-11,14H,2-9H2,1H3,(H,15,18). The quantitative estimate of drug-likeness (QED) is 0.742. The fourth-order valence-electron chi connectivity index (χ4n) is 2.74. The maximum atomic E-state index is 11.9. The molecule has 102 valence electrons. The molecule has 2 fully saturated rings. The number of piperidine rings is 1. The molecule has 0 aromatic rings. The average molecular weight is 253 g/mol. The lowest BCUT2D eigenvalue weighted by Crippen LogP contribution is -2.46. The normalized spacial score (nSPS) is 28.2. The Kier molecular flexibility index (Phi) is 4.58. The Hall–Kier alpha value is -1.10. The Morgan fingerprint density at radius 1 is 1.28 bits per heavy atom. The van der Waals surface area contributed by atoms with Crippen LogP contribution < -0.4 is 10.6 Å². The van der Waals surface area contributed by atoms with Crippen molar-refractivity contribution in [1.29, 1.82) is 0 Å². The zero-order chi connectivity index (χ0) is 13.0. The van der Waals surface area contributed by atoms with E-state index >= 15 is 0 Å². The van der Waals surface area contributed by atoms with Crippen LogP contribution in [0.5, 0.6) is 0 Å². The predicted molar refractivity (Wildman–Crippen MR) is 69.0 cm³/mol. The molecule has 5 heteroatoms. The molecule has 0 saturated carbocycles. The van der Waals surface area contributed by atoms with Crippen LogP contribution in [0, 0.1) is 11.8 Å². The first-order chi connectivity index (χ1) is 8.66. The third-order valence-electron chi connectivity index (χ3n) is 3.81. The fourth-order valence-corrected chi connectivity index (χ4v) is 2.74. The highest BCUT2D eigenvalue weighted by Crippen LogP contribution is 2.15. The van der Waals surface area contributed by atoms with Gasteiger partial charge in [0.05, 0.1) is 12.5 Å².